The van der Waals surface area contributed by atoms with Gasteiger partial charge in [0.15, 0.2) is 18.1 Å². The van der Waals surface area contributed by atoms with E-state index >= 15 is 0 Å². The van der Waals surface area contributed by atoms with E-state index in [9.17, 15) is 4.79 Å². The van der Waals surface area contributed by atoms with E-state index in [2.05, 4.69) is 18.9 Å². The zero-order valence-corrected chi connectivity index (χ0v) is 13.7. The Hall–Kier alpha value is -2.30. The van der Waals surface area contributed by atoms with Crippen LogP contribution in [0.25, 0.3) is 0 Å². The summed E-state index contributed by atoms with van der Waals surface area (Å²) in [6.07, 6.45) is 0. The van der Waals surface area contributed by atoms with E-state index in [0.29, 0.717) is 17.4 Å². The summed E-state index contributed by atoms with van der Waals surface area (Å²) in [6.45, 7) is 7.94. The maximum atomic E-state index is 12.4. The maximum Gasteiger partial charge on any atom is 0.284 e. The molecule has 2 rings (SSSR count). The average Bonchev–Trinajstić information content (AvgIpc) is 2.80. The van der Waals surface area contributed by atoms with Crippen molar-refractivity contribution in [2.24, 2.45) is 0 Å². The van der Waals surface area contributed by atoms with Crippen molar-refractivity contribution in [1.82, 2.24) is 9.78 Å². The van der Waals surface area contributed by atoms with E-state index in [1.54, 1.807) is 19.2 Å². The third-order valence-corrected chi connectivity index (χ3v) is 3.58. The van der Waals surface area contributed by atoms with Gasteiger partial charge in [-0.2, -0.15) is 5.10 Å². The van der Waals surface area contributed by atoms with Crippen LogP contribution in [0.4, 0.5) is 0 Å². The number of rotatable bonds is 5. The fraction of sp³-hybridized carbons (Fsp3) is 0.412. The largest absolute Gasteiger partial charge is 0.493 e. The molecule has 5 heteroatoms. The number of methoxy groups -OCH3 is 1. The van der Waals surface area contributed by atoms with Crippen molar-refractivity contribution < 1.29 is 14.3 Å². The highest BCUT2D eigenvalue weighted by molar-refractivity contribution is 5.80. The van der Waals surface area contributed by atoms with E-state index in [1.165, 1.54) is 4.68 Å². The summed E-state index contributed by atoms with van der Waals surface area (Å²) in [5.74, 6) is 1.28. The van der Waals surface area contributed by atoms with Crippen LogP contribution in [0.5, 0.6) is 11.5 Å². The molecule has 0 unspecified atom stereocenters. The summed E-state index contributed by atoms with van der Waals surface area (Å²) in [6, 6.07) is 7.25. The third-order valence-electron chi connectivity index (χ3n) is 3.58. The number of hydrogen-bond donors (Lipinski definition) is 0. The summed E-state index contributed by atoms with van der Waals surface area (Å²) in [7, 11) is 1.57. The van der Waals surface area contributed by atoms with Crippen LogP contribution in [0.15, 0.2) is 24.3 Å². The van der Waals surface area contributed by atoms with Gasteiger partial charge in [0.05, 0.1) is 12.8 Å². The summed E-state index contributed by atoms with van der Waals surface area (Å²) < 4.78 is 12.2. The van der Waals surface area contributed by atoms with Gasteiger partial charge in [-0.3, -0.25) is 4.79 Å². The molecule has 0 bridgehead atoms. The van der Waals surface area contributed by atoms with E-state index in [0.717, 1.165) is 17.0 Å². The van der Waals surface area contributed by atoms with E-state index < -0.39 is 0 Å². The minimum atomic E-state index is -0.196. The lowest BCUT2D eigenvalue weighted by Crippen LogP contribution is -2.22. The summed E-state index contributed by atoms with van der Waals surface area (Å²) >= 11 is 0. The smallest absolute Gasteiger partial charge is 0.284 e. The van der Waals surface area contributed by atoms with Crippen LogP contribution in [0, 0.1) is 13.8 Å². The highest BCUT2D eigenvalue weighted by atomic mass is 16.5. The number of carbonyl (C=O) groups is 1. The predicted octanol–water partition coefficient (Wildman–Crippen LogP) is 3.35. The molecule has 0 amide bonds. The van der Waals surface area contributed by atoms with Crippen LogP contribution in [0.3, 0.4) is 0 Å². The van der Waals surface area contributed by atoms with Crippen molar-refractivity contribution >= 4 is 5.91 Å². The minimum Gasteiger partial charge on any atom is -0.493 e. The molecule has 0 fully saturated rings. The first-order valence-corrected chi connectivity index (χ1v) is 7.30. The fourth-order valence-corrected chi connectivity index (χ4v) is 2.67. The Morgan fingerprint density at radius 1 is 1.23 bits per heavy atom. The lowest BCUT2D eigenvalue weighted by Gasteiger charge is -2.10. The van der Waals surface area contributed by atoms with Gasteiger partial charge in [-0.25, -0.2) is 4.68 Å². The number of carbonyl (C=O) groups excluding carboxylic acids is 1. The van der Waals surface area contributed by atoms with Crippen molar-refractivity contribution in [1.29, 1.82) is 0 Å². The van der Waals surface area contributed by atoms with Crippen LogP contribution < -0.4 is 9.47 Å². The summed E-state index contributed by atoms with van der Waals surface area (Å²) in [5.41, 5.74) is 2.88. The van der Waals surface area contributed by atoms with Crippen molar-refractivity contribution in [3.05, 3.63) is 41.2 Å². The molecule has 0 N–H and O–H groups in total. The second-order valence-electron chi connectivity index (χ2n) is 5.48. The zero-order chi connectivity index (χ0) is 16.3. The molecule has 118 valence electrons. The number of nitrogens with zero attached hydrogens (tertiary/aromatic N) is 2. The van der Waals surface area contributed by atoms with Crippen molar-refractivity contribution in [2.75, 3.05) is 13.7 Å². The molecule has 0 aliphatic heterocycles. The van der Waals surface area contributed by atoms with Gasteiger partial charge in [-0.15, -0.1) is 0 Å². The predicted molar refractivity (Wildman–Crippen MR) is 84.9 cm³/mol. The molecular formula is C17H22N2O3. The van der Waals surface area contributed by atoms with Crippen molar-refractivity contribution in [3.63, 3.8) is 0 Å². The first kappa shape index (κ1) is 16.1. The molecule has 0 aliphatic carbocycles. The maximum absolute atomic E-state index is 12.4. The highest BCUT2D eigenvalue weighted by Gasteiger charge is 2.19. The summed E-state index contributed by atoms with van der Waals surface area (Å²) in [4.78, 5) is 12.4. The van der Waals surface area contributed by atoms with Gasteiger partial charge in [0.2, 0.25) is 0 Å². The van der Waals surface area contributed by atoms with Gasteiger partial charge in [0.25, 0.3) is 5.91 Å². The number of aromatic nitrogens is 2. The second kappa shape index (κ2) is 6.64. The summed E-state index contributed by atoms with van der Waals surface area (Å²) in [5, 5.41) is 4.34. The SMILES string of the molecule is COc1ccccc1OCC(=O)n1nc(C)c(C(C)C)c1C. The van der Waals surface area contributed by atoms with Crippen LogP contribution in [0.2, 0.25) is 0 Å². The molecular weight excluding hydrogens is 280 g/mol. The Morgan fingerprint density at radius 2 is 1.86 bits per heavy atom. The van der Waals surface area contributed by atoms with Crippen LogP contribution in [0.1, 0.15) is 41.5 Å². The van der Waals surface area contributed by atoms with E-state index in [4.69, 9.17) is 9.47 Å². The Balaban J connectivity index is 2.15. The molecule has 0 saturated carbocycles. The van der Waals surface area contributed by atoms with Crippen LogP contribution in [-0.2, 0) is 0 Å². The number of benzene rings is 1. The number of aryl methyl sites for hydroxylation is 1. The van der Waals surface area contributed by atoms with Crippen LogP contribution >= 0.6 is 0 Å². The molecule has 22 heavy (non-hydrogen) atoms. The first-order valence-electron chi connectivity index (χ1n) is 7.30. The highest BCUT2D eigenvalue weighted by Crippen LogP contribution is 2.26. The van der Waals surface area contributed by atoms with Gasteiger partial charge in [-0.1, -0.05) is 26.0 Å². The standard InChI is InChI=1S/C17H22N2O3/c1-11(2)17-12(3)18-19(13(17)4)16(20)10-22-15-9-7-6-8-14(15)21-5/h6-9,11H,10H2,1-5H3. The monoisotopic (exact) mass is 302 g/mol. The fourth-order valence-electron chi connectivity index (χ4n) is 2.67. The quantitative estimate of drug-likeness (QED) is 0.850. The van der Waals surface area contributed by atoms with Gasteiger partial charge in [-0.05, 0) is 37.5 Å². The normalized spacial score (nSPS) is 10.8. The lowest BCUT2D eigenvalue weighted by atomic mass is 10.0. The molecule has 0 spiro atoms. The van der Waals surface area contributed by atoms with Crippen molar-refractivity contribution in [2.45, 2.75) is 33.6 Å². The average molecular weight is 302 g/mol. The Labute approximate surface area is 130 Å². The molecule has 1 aromatic carbocycles. The lowest BCUT2D eigenvalue weighted by molar-refractivity contribution is 0.0816. The molecule has 0 aliphatic rings. The molecule has 1 heterocycles. The van der Waals surface area contributed by atoms with Crippen molar-refractivity contribution in [3.8, 4) is 11.5 Å². The van der Waals surface area contributed by atoms with Gasteiger partial charge in [0, 0.05) is 5.69 Å². The molecule has 0 atom stereocenters. The number of hydrogen-bond acceptors (Lipinski definition) is 4. The number of ether oxygens (including phenoxy) is 2. The minimum absolute atomic E-state index is 0.0835. The second-order valence-corrected chi connectivity index (χ2v) is 5.48. The molecule has 0 radical (unpaired) electrons. The molecule has 2 aromatic rings. The van der Waals surface area contributed by atoms with Crippen LogP contribution in [-0.4, -0.2) is 29.4 Å². The molecule has 0 saturated heterocycles. The first-order chi connectivity index (χ1) is 10.5. The Kier molecular flexibility index (Phi) is 4.85. The molecule has 1 aromatic heterocycles. The van der Waals surface area contributed by atoms with Gasteiger partial charge >= 0.3 is 0 Å². The number of para-hydroxylation sites is 2. The topological polar surface area (TPSA) is 53.4 Å². The van der Waals surface area contributed by atoms with Gasteiger partial charge in [0.1, 0.15) is 0 Å². The Bertz CT molecular complexity index is 675. The molecule has 5 nitrogen and oxygen atoms in total. The zero-order valence-electron chi connectivity index (χ0n) is 13.7. The third kappa shape index (κ3) is 3.13. The van der Waals surface area contributed by atoms with Gasteiger partial charge < -0.3 is 9.47 Å². The van der Waals surface area contributed by atoms with E-state index in [1.807, 2.05) is 26.0 Å². The Morgan fingerprint density at radius 3 is 2.41 bits per heavy atom. The van der Waals surface area contributed by atoms with E-state index in [-0.39, 0.29) is 12.5 Å².